The monoisotopic (exact) mass is 272 g/mol. The first-order valence-electron chi connectivity index (χ1n) is 6.25. The number of primary amides is 1. The predicted octanol–water partition coefficient (Wildman–Crippen LogP) is 1.47. The van der Waals surface area contributed by atoms with E-state index in [9.17, 15) is 4.79 Å². The minimum absolute atomic E-state index is 0.0313. The van der Waals surface area contributed by atoms with Gasteiger partial charge in [-0.1, -0.05) is 18.5 Å². The molecule has 3 N–H and O–H groups in total. The van der Waals surface area contributed by atoms with Crippen molar-refractivity contribution in [1.82, 2.24) is 15.1 Å². The van der Waals surface area contributed by atoms with Crippen LogP contribution < -0.4 is 11.1 Å². The number of aromatic nitrogens is 2. The van der Waals surface area contributed by atoms with E-state index in [0.29, 0.717) is 13.0 Å². The third-order valence-corrected chi connectivity index (χ3v) is 3.26. The summed E-state index contributed by atoms with van der Waals surface area (Å²) in [7, 11) is 0. The molecule has 0 bridgehead atoms. The maximum absolute atomic E-state index is 10.8. The molecule has 1 unspecified atom stereocenters. The zero-order valence-electron chi connectivity index (χ0n) is 11.2. The zero-order valence-corrected chi connectivity index (χ0v) is 11.9. The minimum atomic E-state index is -0.306. The lowest BCUT2D eigenvalue weighted by molar-refractivity contribution is -0.118. The quantitative estimate of drug-likeness (QED) is 0.789. The SMILES string of the molecule is CCc1nn(CC)c(CNC(C)CC(N)=O)c1Cl. The normalized spacial score (nSPS) is 12.7. The summed E-state index contributed by atoms with van der Waals surface area (Å²) in [5.41, 5.74) is 7.03. The molecule has 102 valence electrons. The molecule has 1 amide bonds. The van der Waals surface area contributed by atoms with Gasteiger partial charge >= 0.3 is 0 Å². The second kappa shape index (κ2) is 6.75. The third kappa shape index (κ3) is 3.71. The molecular formula is C12H21ClN4O. The van der Waals surface area contributed by atoms with Gasteiger partial charge in [0, 0.05) is 25.6 Å². The molecule has 1 heterocycles. The number of halogens is 1. The summed E-state index contributed by atoms with van der Waals surface area (Å²) >= 11 is 6.28. The minimum Gasteiger partial charge on any atom is -0.370 e. The predicted molar refractivity (Wildman–Crippen MR) is 72.4 cm³/mol. The lowest BCUT2D eigenvalue weighted by atomic mass is 10.2. The number of hydrogen-bond donors (Lipinski definition) is 2. The molecule has 0 radical (unpaired) electrons. The molecule has 0 aliphatic carbocycles. The van der Waals surface area contributed by atoms with Crippen LogP contribution in [0.3, 0.4) is 0 Å². The fourth-order valence-corrected chi connectivity index (χ4v) is 2.17. The molecule has 0 aromatic carbocycles. The van der Waals surface area contributed by atoms with E-state index in [1.807, 2.05) is 25.5 Å². The molecule has 0 aliphatic heterocycles. The van der Waals surface area contributed by atoms with Crippen molar-refractivity contribution in [3.05, 3.63) is 16.4 Å². The van der Waals surface area contributed by atoms with E-state index in [1.54, 1.807) is 0 Å². The number of amides is 1. The molecule has 6 heteroatoms. The maximum atomic E-state index is 10.8. The first-order chi connectivity index (χ1) is 8.49. The van der Waals surface area contributed by atoms with E-state index in [4.69, 9.17) is 17.3 Å². The lowest BCUT2D eigenvalue weighted by Gasteiger charge is -2.12. The van der Waals surface area contributed by atoms with E-state index in [0.717, 1.165) is 29.4 Å². The molecule has 18 heavy (non-hydrogen) atoms. The van der Waals surface area contributed by atoms with Crippen LogP contribution in [0.4, 0.5) is 0 Å². The van der Waals surface area contributed by atoms with Crippen LogP contribution in [0, 0.1) is 0 Å². The van der Waals surface area contributed by atoms with Crippen LogP contribution in [-0.2, 0) is 24.3 Å². The largest absolute Gasteiger partial charge is 0.370 e. The Balaban J connectivity index is 2.71. The van der Waals surface area contributed by atoms with Crippen molar-refractivity contribution in [1.29, 1.82) is 0 Å². The molecule has 1 aromatic rings. The lowest BCUT2D eigenvalue weighted by Crippen LogP contribution is -2.31. The standard InChI is InChI=1S/C12H21ClN4O/c1-4-9-12(13)10(17(5-2)16-9)7-15-8(3)6-11(14)18/h8,15H,4-7H2,1-3H3,(H2,14,18). The van der Waals surface area contributed by atoms with Gasteiger partial charge in [0.05, 0.1) is 16.4 Å². The van der Waals surface area contributed by atoms with Gasteiger partial charge in [0.15, 0.2) is 0 Å². The first kappa shape index (κ1) is 15.0. The Labute approximate surface area is 113 Å². The van der Waals surface area contributed by atoms with Crippen molar-refractivity contribution >= 4 is 17.5 Å². The van der Waals surface area contributed by atoms with Crippen LogP contribution in [0.25, 0.3) is 0 Å². The summed E-state index contributed by atoms with van der Waals surface area (Å²) in [6.07, 6.45) is 1.13. The molecule has 0 spiro atoms. The Morgan fingerprint density at radius 1 is 1.56 bits per heavy atom. The van der Waals surface area contributed by atoms with Crippen molar-refractivity contribution in [3.63, 3.8) is 0 Å². The number of nitrogens with zero attached hydrogens (tertiary/aromatic N) is 2. The average molecular weight is 273 g/mol. The van der Waals surface area contributed by atoms with Crippen molar-refractivity contribution in [2.45, 2.75) is 52.7 Å². The van der Waals surface area contributed by atoms with Crippen LogP contribution in [0.15, 0.2) is 0 Å². The van der Waals surface area contributed by atoms with Crippen LogP contribution >= 0.6 is 11.6 Å². The molecule has 0 saturated heterocycles. The molecule has 1 rings (SSSR count). The molecular weight excluding hydrogens is 252 g/mol. The van der Waals surface area contributed by atoms with Crippen LogP contribution in [0.1, 0.15) is 38.6 Å². The van der Waals surface area contributed by atoms with Crippen molar-refractivity contribution in [3.8, 4) is 0 Å². The highest BCUT2D eigenvalue weighted by Crippen LogP contribution is 2.21. The molecule has 0 saturated carbocycles. The molecule has 1 atom stereocenters. The fourth-order valence-electron chi connectivity index (χ4n) is 1.83. The maximum Gasteiger partial charge on any atom is 0.218 e. The third-order valence-electron chi connectivity index (χ3n) is 2.82. The Morgan fingerprint density at radius 2 is 2.22 bits per heavy atom. The van der Waals surface area contributed by atoms with Crippen molar-refractivity contribution in [2.75, 3.05) is 0 Å². The van der Waals surface area contributed by atoms with Gasteiger partial charge in [-0.3, -0.25) is 9.48 Å². The Morgan fingerprint density at radius 3 is 2.72 bits per heavy atom. The summed E-state index contributed by atoms with van der Waals surface area (Å²) < 4.78 is 1.89. The number of hydrogen-bond acceptors (Lipinski definition) is 3. The molecule has 0 aliphatic rings. The zero-order chi connectivity index (χ0) is 13.7. The topological polar surface area (TPSA) is 72.9 Å². The summed E-state index contributed by atoms with van der Waals surface area (Å²) in [5.74, 6) is -0.306. The number of aryl methyl sites for hydroxylation is 2. The first-order valence-corrected chi connectivity index (χ1v) is 6.63. The van der Waals surface area contributed by atoms with Gasteiger partial charge in [-0.05, 0) is 20.3 Å². The second-order valence-electron chi connectivity index (χ2n) is 4.33. The van der Waals surface area contributed by atoms with E-state index < -0.39 is 0 Å². The van der Waals surface area contributed by atoms with E-state index in [-0.39, 0.29) is 11.9 Å². The van der Waals surface area contributed by atoms with Crippen LogP contribution in [0.5, 0.6) is 0 Å². The number of rotatable bonds is 7. The summed E-state index contributed by atoms with van der Waals surface area (Å²) in [5, 5.41) is 8.40. The highest BCUT2D eigenvalue weighted by Gasteiger charge is 2.15. The Kier molecular flexibility index (Phi) is 5.62. The summed E-state index contributed by atoms with van der Waals surface area (Å²) in [6.45, 7) is 7.35. The van der Waals surface area contributed by atoms with E-state index in [1.165, 1.54) is 0 Å². The van der Waals surface area contributed by atoms with Gasteiger partial charge in [-0.2, -0.15) is 5.10 Å². The highest BCUT2D eigenvalue weighted by molar-refractivity contribution is 6.31. The van der Waals surface area contributed by atoms with Gasteiger partial charge in [0.25, 0.3) is 0 Å². The van der Waals surface area contributed by atoms with Crippen LogP contribution in [-0.4, -0.2) is 21.7 Å². The van der Waals surface area contributed by atoms with Gasteiger partial charge < -0.3 is 11.1 Å². The van der Waals surface area contributed by atoms with E-state index in [2.05, 4.69) is 10.4 Å². The summed E-state index contributed by atoms with van der Waals surface area (Å²) in [6, 6.07) is 0.0313. The number of nitrogens with two attached hydrogens (primary N) is 1. The van der Waals surface area contributed by atoms with Gasteiger partial charge in [-0.25, -0.2) is 0 Å². The second-order valence-corrected chi connectivity index (χ2v) is 4.71. The Bertz CT molecular complexity index is 416. The van der Waals surface area contributed by atoms with Gasteiger partial charge in [-0.15, -0.1) is 0 Å². The van der Waals surface area contributed by atoms with Crippen molar-refractivity contribution in [2.24, 2.45) is 5.73 Å². The fraction of sp³-hybridized carbons (Fsp3) is 0.667. The van der Waals surface area contributed by atoms with Gasteiger partial charge in [0.1, 0.15) is 0 Å². The molecule has 5 nitrogen and oxygen atoms in total. The summed E-state index contributed by atoms with van der Waals surface area (Å²) in [4.78, 5) is 10.8. The Hall–Kier alpha value is -1.07. The highest BCUT2D eigenvalue weighted by atomic mass is 35.5. The number of nitrogens with one attached hydrogen (secondary N) is 1. The average Bonchev–Trinajstić information content (AvgIpc) is 2.62. The van der Waals surface area contributed by atoms with Crippen LogP contribution in [0.2, 0.25) is 5.02 Å². The number of carbonyl (C=O) groups excluding carboxylic acids is 1. The smallest absolute Gasteiger partial charge is 0.218 e. The molecule has 0 fully saturated rings. The number of carbonyl (C=O) groups is 1. The van der Waals surface area contributed by atoms with Gasteiger partial charge in [0.2, 0.25) is 5.91 Å². The van der Waals surface area contributed by atoms with Crippen molar-refractivity contribution < 1.29 is 4.79 Å². The molecule has 1 aromatic heterocycles. The van der Waals surface area contributed by atoms with E-state index >= 15 is 0 Å².